The number of aliphatic hydroxyl groups is 1. The highest BCUT2D eigenvalue weighted by molar-refractivity contribution is 5.84. The molecule has 0 aliphatic rings. The molecule has 0 bridgehead atoms. The van der Waals surface area contributed by atoms with E-state index in [1.165, 1.54) is 12.1 Å². The minimum Gasteiger partial charge on any atom is -0.463 e. The highest BCUT2D eigenvalue weighted by Crippen LogP contribution is 2.30. The van der Waals surface area contributed by atoms with E-state index in [0.29, 0.717) is 16.8 Å². The Bertz CT molecular complexity index is 626. The zero-order valence-electron chi connectivity index (χ0n) is 11.0. The molecule has 5 heteroatoms. The van der Waals surface area contributed by atoms with Crippen molar-refractivity contribution >= 4 is 5.97 Å². The second kappa shape index (κ2) is 5.59. The number of hydrogen-bond donors (Lipinski definition) is 2. The van der Waals surface area contributed by atoms with Crippen LogP contribution in [0.3, 0.4) is 0 Å². The molecule has 0 unspecified atom stereocenters. The first kappa shape index (κ1) is 13.8. The molecule has 0 spiro atoms. The van der Waals surface area contributed by atoms with Crippen LogP contribution in [0.15, 0.2) is 42.6 Å². The first-order valence-corrected chi connectivity index (χ1v) is 6.17. The van der Waals surface area contributed by atoms with Gasteiger partial charge < -0.3 is 14.8 Å². The number of ether oxygens (including phenoxy) is 1. The van der Waals surface area contributed by atoms with Gasteiger partial charge in [0.05, 0.1) is 23.9 Å². The molecule has 0 fully saturated rings. The van der Waals surface area contributed by atoms with E-state index in [1.54, 1.807) is 37.4 Å². The lowest BCUT2D eigenvalue weighted by atomic mass is 9.90. The number of nitrogens with one attached hydrogen (secondary N) is 1. The van der Waals surface area contributed by atoms with Crippen molar-refractivity contribution in [3.63, 3.8) is 0 Å². The van der Waals surface area contributed by atoms with E-state index in [4.69, 9.17) is 10.00 Å². The second-order valence-electron chi connectivity index (χ2n) is 4.20. The van der Waals surface area contributed by atoms with Gasteiger partial charge in [-0.3, -0.25) is 0 Å². The van der Waals surface area contributed by atoms with Crippen LogP contribution in [0.5, 0.6) is 0 Å². The summed E-state index contributed by atoms with van der Waals surface area (Å²) in [5, 5.41) is 19.6. The number of nitrogens with zero attached hydrogens (tertiary/aromatic N) is 1. The van der Waals surface area contributed by atoms with Crippen LogP contribution >= 0.6 is 0 Å². The summed E-state index contributed by atoms with van der Waals surface area (Å²) in [5.74, 6) is -0.757. The molecule has 5 nitrogen and oxygen atoms in total. The molecule has 1 atom stereocenters. The summed E-state index contributed by atoms with van der Waals surface area (Å²) in [7, 11) is 0. The summed E-state index contributed by atoms with van der Waals surface area (Å²) in [6.45, 7) is 1.84. The number of carbonyl (C=O) groups excluding carboxylic acids is 1. The number of carbonyl (C=O) groups is 1. The van der Waals surface area contributed by atoms with Gasteiger partial charge >= 0.3 is 5.97 Å². The van der Waals surface area contributed by atoms with E-state index >= 15 is 0 Å². The van der Waals surface area contributed by atoms with Crippen LogP contribution in [-0.2, 0) is 15.1 Å². The Morgan fingerprint density at radius 1 is 1.40 bits per heavy atom. The largest absolute Gasteiger partial charge is 0.463 e. The van der Waals surface area contributed by atoms with Crippen LogP contribution in [0.4, 0.5) is 0 Å². The van der Waals surface area contributed by atoms with E-state index in [-0.39, 0.29) is 6.61 Å². The van der Waals surface area contributed by atoms with Crippen LogP contribution in [0.1, 0.15) is 23.7 Å². The number of aromatic nitrogens is 1. The van der Waals surface area contributed by atoms with Gasteiger partial charge in [0.15, 0.2) is 0 Å². The monoisotopic (exact) mass is 270 g/mol. The fourth-order valence-corrected chi connectivity index (χ4v) is 1.96. The summed E-state index contributed by atoms with van der Waals surface area (Å²) in [5.41, 5.74) is -0.794. The lowest BCUT2D eigenvalue weighted by Crippen LogP contribution is -2.39. The number of benzene rings is 1. The fourth-order valence-electron chi connectivity index (χ4n) is 1.96. The molecule has 1 aromatic heterocycles. The van der Waals surface area contributed by atoms with Gasteiger partial charge in [-0.05, 0) is 31.2 Å². The van der Waals surface area contributed by atoms with Gasteiger partial charge in [0.25, 0.3) is 0 Å². The Labute approximate surface area is 116 Å². The Hall–Kier alpha value is -2.58. The number of aromatic amines is 1. The maximum absolute atomic E-state index is 12.2. The molecular formula is C15H14N2O3. The van der Waals surface area contributed by atoms with E-state index in [1.807, 2.05) is 6.07 Å². The average molecular weight is 270 g/mol. The van der Waals surface area contributed by atoms with Crippen molar-refractivity contribution in [3.8, 4) is 6.07 Å². The van der Waals surface area contributed by atoms with Crippen molar-refractivity contribution in [1.82, 2.24) is 4.98 Å². The van der Waals surface area contributed by atoms with Crippen molar-refractivity contribution in [2.75, 3.05) is 6.61 Å². The van der Waals surface area contributed by atoms with E-state index in [9.17, 15) is 9.90 Å². The fraction of sp³-hybridized carbons (Fsp3) is 0.200. The molecule has 2 aromatic rings. The van der Waals surface area contributed by atoms with Gasteiger partial charge in [-0.25, -0.2) is 4.79 Å². The standard InChI is InChI=1S/C15H14N2O3/c1-2-20-14(18)15(19,13-4-3-9-17-13)12-7-5-11(10-16)6-8-12/h3-9,17,19H,2H2,1H3/t15-/m1/s1. The van der Waals surface area contributed by atoms with Gasteiger partial charge in [0.2, 0.25) is 5.60 Å². The smallest absolute Gasteiger partial charge is 0.349 e. The Balaban J connectivity index is 2.51. The summed E-state index contributed by atoms with van der Waals surface area (Å²) < 4.78 is 4.97. The van der Waals surface area contributed by atoms with Crippen molar-refractivity contribution in [3.05, 3.63) is 59.4 Å². The molecule has 1 aromatic carbocycles. The molecule has 20 heavy (non-hydrogen) atoms. The minimum absolute atomic E-state index is 0.165. The SMILES string of the molecule is CCOC(=O)[C@@](O)(c1ccc(C#N)cc1)c1ccc[nH]1. The molecule has 0 radical (unpaired) electrons. The van der Waals surface area contributed by atoms with Crippen molar-refractivity contribution in [1.29, 1.82) is 5.26 Å². The molecule has 102 valence electrons. The molecule has 2 rings (SSSR count). The number of rotatable bonds is 4. The highest BCUT2D eigenvalue weighted by Gasteiger charge is 2.42. The second-order valence-corrected chi connectivity index (χ2v) is 4.20. The van der Waals surface area contributed by atoms with Gasteiger partial charge in [-0.2, -0.15) is 5.26 Å². The first-order valence-electron chi connectivity index (χ1n) is 6.17. The quantitative estimate of drug-likeness (QED) is 0.828. The topological polar surface area (TPSA) is 86.1 Å². The summed E-state index contributed by atoms with van der Waals surface area (Å²) >= 11 is 0. The summed E-state index contributed by atoms with van der Waals surface area (Å²) in [4.78, 5) is 15.0. The first-order chi connectivity index (χ1) is 9.62. The van der Waals surface area contributed by atoms with Crippen LogP contribution in [0, 0.1) is 11.3 Å². The molecule has 2 N–H and O–H groups in total. The normalized spacial score (nSPS) is 13.2. The van der Waals surface area contributed by atoms with Crippen molar-refractivity contribution in [2.45, 2.75) is 12.5 Å². The molecule has 0 aliphatic carbocycles. The van der Waals surface area contributed by atoms with Gasteiger partial charge in [0, 0.05) is 11.8 Å². The molecule has 0 saturated heterocycles. The predicted octanol–water partition coefficient (Wildman–Crippen LogP) is 1.69. The zero-order valence-corrected chi connectivity index (χ0v) is 11.0. The molecule has 1 heterocycles. The van der Waals surface area contributed by atoms with Gasteiger partial charge in [0.1, 0.15) is 0 Å². The van der Waals surface area contributed by atoms with Crippen LogP contribution in [0.25, 0.3) is 0 Å². The molecule has 0 aliphatic heterocycles. The predicted molar refractivity (Wildman–Crippen MR) is 71.6 cm³/mol. The molecule has 0 amide bonds. The maximum atomic E-state index is 12.2. The Morgan fingerprint density at radius 3 is 2.60 bits per heavy atom. The number of esters is 1. The van der Waals surface area contributed by atoms with Gasteiger partial charge in [-0.1, -0.05) is 12.1 Å². The number of H-pyrrole nitrogens is 1. The van der Waals surface area contributed by atoms with Crippen molar-refractivity contribution in [2.24, 2.45) is 0 Å². The van der Waals surface area contributed by atoms with E-state index in [0.717, 1.165) is 0 Å². The minimum atomic E-state index is -1.91. The van der Waals surface area contributed by atoms with Crippen LogP contribution in [0.2, 0.25) is 0 Å². The third kappa shape index (κ3) is 2.29. The third-order valence-corrected chi connectivity index (χ3v) is 2.99. The molecular weight excluding hydrogens is 256 g/mol. The van der Waals surface area contributed by atoms with Crippen molar-refractivity contribution < 1.29 is 14.6 Å². The lowest BCUT2D eigenvalue weighted by Gasteiger charge is -2.25. The van der Waals surface area contributed by atoms with Crippen LogP contribution in [-0.4, -0.2) is 22.7 Å². The summed E-state index contributed by atoms with van der Waals surface area (Å²) in [6.07, 6.45) is 1.61. The Morgan fingerprint density at radius 2 is 2.10 bits per heavy atom. The maximum Gasteiger partial charge on any atom is 0.349 e. The number of hydrogen-bond acceptors (Lipinski definition) is 4. The zero-order chi connectivity index (χ0) is 14.6. The number of nitriles is 1. The van der Waals surface area contributed by atoms with Gasteiger partial charge in [-0.15, -0.1) is 0 Å². The third-order valence-electron chi connectivity index (χ3n) is 2.99. The molecule has 0 saturated carbocycles. The summed E-state index contributed by atoms with van der Waals surface area (Å²) in [6, 6.07) is 11.4. The average Bonchev–Trinajstić information content (AvgIpc) is 3.01. The van der Waals surface area contributed by atoms with Crippen LogP contribution < -0.4 is 0 Å². The highest BCUT2D eigenvalue weighted by atomic mass is 16.5. The van der Waals surface area contributed by atoms with E-state index in [2.05, 4.69) is 4.98 Å². The lowest BCUT2D eigenvalue weighted by molar-refractivity contribution is -0.161. The Kier molecular flexibility index (Phi) is 3.87. The van der Waals surface area contributed by atoms with E-state index < -0.39 is 11.6 Å².